The Morgan fingerprint density at radius 3 is 2.41 bits per heavy atom. The number of anilines is 1. The molecule has 0 spiro atoms. The normalized spacial score (nSPS) is 11.3. The third kappa shape index (κ3) is 2.62. The van der Waals surface area contributed by atoms with Gasteiger partial charge in [0.2, 0.25) is 0 Å². The van der Waals surface area contributed by atoms with Gasteiger partial charge in [-0.2, -0.15) is 0 Å². The molecule has 1 aromatic heterocycles. The predicted molar refractivity (Wildman–Crippen MR) is 66.0 cm³/mol. The highest BCUT2D eigenvalue weighted by Gasteiger charge is 2.18. The Bertz CT molecular complexity index is 609. The lowest BCUT2D eigenvalue weighted by Crippen LogP contribution is -2.08. The number of nitrogens with two attached hydrogens (primary N) is 1. The first-order chi connectivity index (χ1) is 8.09. The van der Waals surface area contributed by atoms with Crippen LogP contribution in [0, 0.1) is 0 Å². The Morgan fingerprint density at radius 1 is 1.06 bits per heavy atom. The molecule has 0 aliphatic carbocycles. The zero-order chi connectivity index (χ0) is 12.3. The van der Waals surface area contributed by atoms with E-state index >= 15 is 0 Å². The first kappa shape index (κ1) is 11.6. The molecule has 1 aromatic carbocycles. The summed E-state index contributed by atoms with van der Waals surface area (Å²) in [6.07, 6.45) is 1.57. The molecule has 17 heavy (non-hydrogen) atoms. The van der Waals surface area contributed by atoms with Crippen LogP contribution in [0.3, 0.4) is 0 Å². The third-order valence-electron chi connectivity index (χ3n) is 2.32. The van der Waals surface area contributed by atoms with Gasteiger partial charge in [-0.1, -0.05) is 18.2 Å². The van der Waals surface area contributed by atoms with Gasteiger partial charge < -0.3 is 5.73 Å². The number of para-hydroxylation sites is 1. The van der Waals surface area contributed by atoms with E-state index < -0.39 is 9.84 Å². The summed E-state index contributed by atoms with van der Waals surface area (Å²) in [4.78, 5) is 4.16. The SMILES string of the molecule is Nc1ccccc1S(=O)(=O)Cc1ccccn1. The van der Waals surface area contributed by atoms with Gasteiger partial charge in [0, 0.05) is 6.20 Å². The topological polar surface area (TPSA) is 73.1 Å². The Morgan fingerprint density at radius 2 is 1.76 bits per heavy atom. The third-order valence-corrected chi connectivity index (χ3v) is 4.04. The lowest BCUT2D eigenvalue weighted by molar-refractivity contribution is 0.595. The lowest BCUT2D eigenvalue weighted by atomic mass is 10.3. The van der Waals surface area contributed by atoms with Crippen molar-refractivity contribution in [1.29, 1.82) is 0 Å². The number of nitrogen functional groups attached to an aromatic ring is 1. The monoisotopic (exact) mass is 248 g/mol. The van der Waals surface area contributed by atoms with Gasteiger partial charge in [-0.25, -0.2) is 8.42 Å². The number of nitrogens with zero attached hydrogens (tertiary/aromatic N) is 1. The highest BCUT2D eigenvalue weighted by atomic mass is 32.2. The van der Waals surface area contributed by atoms with Crippen molar-refractivity contribution < 1.29 is 8.42 Å². The van der Waals surface area contributed by atoms with E-state index in [0.717, 1.165) is 0 Å². The maximum absolute atomic E-state index is 12.1. The molecule has 0 radical (unpaired) electrons. The van der Waals surface area contributed by atoms with Crippen molar-refractivity contribution in [2.45, 2.75) is 10.6 Å². The van der Waals surface area contributed by atoms with Crippen LogP contribution in [0.15, 0.2) is 53.6 Å². The van der Waals surface area contributed by atoms with Gasteiger partial charge in [-0.3, -0.25) is 4.98 Å². The molecule has 2 rings (SSSR count). The van der Waals surface area contributed by atoms with Crippen LogP contribution in [0.1, 0.15) is 5.69 Å². The molecule has 0 aliphatic heterocycles. The van der Waals surface area contributed by atoms with Crippen LogP contribution in [0.5, 0.6) is 0 Å². The summed E-state index contributed by atoms with van der Waals surface area (Å²) < 4.78 is 24.2. The fraction of sp³-hybridized carbons (Fsp3) is 0.0833. The second-order valence-corrected chi connectivity index (χ2v) is 5.58. The second kappa shape index (κ2) is 4.55. The summed E-state index contributed by atoms with van der Waals surface area (Å²) in [6, 6.07) is 11.6. The number of pyridine rings is 1. The van der Waals surface area contributed by atoms with Crippen molar-refractivity contribution in [3.05, 3.63) is 54.4 Å². The molecular formula is C12H12N2O2S. The standard InChI is InChI=1S/C12H12N2O2S/c13-11-6-1-2-7-12(11)17(15,16)9-10-5-3-4-8-14-10/h1-8H,9,13H2. The number of sulfone groups is 1. The Labute approximate surface area is 100 Å². The smallest absolute Gasteiger partial charge is 0.186 e. The van der Waals surface area contributed by atoms with E-state index in [1.807, 2.05) is 0 Å². The zero-order valence-corrected chi connectivity index (χ0v) is 9.89. The number of aromatic nitrogens is 1. The molecule has 0 fully saturated rings. The van der Waals surface area contributed by atoms with Crippen LogP contribution >= 0.6 is 0 Å². The summed E-state index contributed by atoms with van der Waals surface area (Å²) in [5, 5.41) is 0. The van der Waals surface area contributed by atoms with E-state index in [1.165, 1.54) is 6.07 Å². The Hall–Kier alpha value is -1.88. The van der Waals surface area contributed by atoms with Crippen molar-refractivity contribution in [2.75, 3.05) is 5.73 Å². The first-order valence-electron chi connectivity index (χ1n) is 5.07. The molecule has 2 aromatic rings. The molecule has 4 nitrogen and oxygen atoms in total. The predicted octanol–water partition coefficient (Wildman–Crippen LogP) is 1.64. The van der Waals surface area contributed by atoms with Gasteiger partial charge in [-0.15, -0.1) is 0 Å². The van der Waals surface area contributed by atoms with E-state index in [0.29, 0.717) is 5.69 Å². The van der Waals surface area contributed by atoms with Crippen LogP contribution in [-0.2, 0) is 15.6 Å². The minimum atomic E-state index is -3.43. The molecule has 0 amide bonds. The molecule has 2 N–H and O–H groups in total. The van der Waals surface area contributed by atoms with E-state index in [9.17, 15) is 8.42 Å². The van der Waals surface area contributed by atoms with Crippen molar-refractivity contribution in [2.24, 2.45) is 0 Å². The quantitative estimate of drug-likeness (QED) is 0.838. The van der Waals surface area contributed by atoms with E-state index in [1.54, 1.807) is 42.6 Å². The Balaban J connectivity index is 2.36. The van der Waals surface area contributed by atoms with Crippen molar-refractivity contribution in [3.8, 4) is 0 Å². The molecule has 0 saturated heterocycles. The molecule has 88 valence electrons. The van der Waals surface area contributed by atoms with Gasteiger partial charge in [0.15, 0.2) is 9.84 Å². The summed E-state index contributed by atoms with van der Waals surface area (Å²) in [5.41, 5.74) is 6.44. The van der Waals surface area contributed by atoms with Gasteiger partial charge in [0.05, 0.1) is 22.0 Å². The number of hydrogen-bond acceptors (Lipinski definition) is 4. The zero-order valence-electron chi connectivity index (χ0n) is 9.08. The highest BCUT2D eigenvalue weighted by molar-refractivity contribution is 7.90. The molecule has 0 saturated carbocycles. The van der Waals surface area contributed by atoms with Crippen LogP contribution in [0.25, 0.3) is 0 Å². The maximum atomic E-state index is 12.1. The first-order valence-corrected chi connectivity index (χ1v) is 6.72. The Kier molecular flexibility index (Phi) is 3.10. The van der Waals surface area contributed by atoms with Crippen molar-refractivity contribution >= 4 is 15.5 Å². The number of hydrogen-bond donors (Lipinski definition) is 1. The van der Waals surface area contributed by atoms with Gasteiger partial charge in [0.1, 0.15) is 0 Å². The fourth-order valence-electron chi connectivity index (χ4n) is 1.52. The van der Waals surface area contributed by atoms with Crippen molar-refractivity contribution in [1.82, 2.24) is 4.98 Å². The second-order valence-electron chi connectivity index (χ2n) is 3.62. The molecular weight excluding hydrogens is 236 g/mol. The average Bonchev–Trinajstić information content (AvgIpc) is 2.30. The minimum Gasteiger partial charge on any atom is -0.398 e. The van der Waals surface area contributed by atoms with Crippen LogP contribution in [-0.4, -0.2) is 13.4 Å². The van der Waals surface area contributed by atoms with Gasteiger partial charge in [0.25, 0.3) is 0 Å². The molecule has 0 aliphatic rings. The summed E-state index contributed by atoms with van der Waals surface area (Å²) >= 11 is 0. The van der Waals surface area contributed by atoms with Crippen LogP contribution < -0.4 is 5.73 Å². The number of benzene rings is 1. The molecule has 1 heterocycles. The molecule has 5 heteroatoms. The minimum absolute atomic E-state index is 0.137. The number of rotatable bonds is 3. The van der Waals surface area contributed by atoms with E-state index in [-0.39, 0.29) is 16.3 Å². The van der Waals surface area contributed by atoms with E-state index in [2.05, 4.69) is 4.98 Å². The maximum Gasteiger partial charge on any atom is 0.186 e. The summed E-state index contributed by atoms with van der Waals surface area (Å²) in [6.45, 7) is 0. The van der Waals surface area contributed by atoms with Gasteiger partial charge in [-0.05, 0) is 24.3 Å². The largest absolute Gasteiger partial charge is 0.398 e. The van der Waals surface area contributed by atoms with Crippen molar-refractivity contribution in [3.63, 3.8) is 0 Å². The molecule has 0 atom stereocenters. The lowest BCUT2D eigenvalue weighted by Gasteiger charge is -2.06. The molecule has 0 bridgehead atoms. The average molecular weight is 248 g/mol. The fourth-order valence-corrected chi connectivity index (χ4v) is 2.95. The summed E-state index contributed by atoms with van der Waals surface area (Å²) in [5.74, 6) is -0.137. The summed E-state index contributed by atoms with van der Waals surface area (Å²) in [7, 11) is -3.43. The van der Waals surface area contributed by atoms with Gasteiger partial charge >= 0.3 is 0 Å². The van der Waals surface area contributed by atoms with Crippen LogP contribution in [0.2, 0.25) is 0 Å². The van der Waals surface area contributed by atoms with Crippen LogP contribution in [0.4, 0.5) is 5.69 Å². The van der Waals surface area contributed by atoms with E-state index in [4.69, 9.17) is 5.73 Å². The molecule has 0 unspecified atom stereocenters. The highest BCUT2D eigenvalue weighted by Crippen LogP contribution is 2.21.